The maximum absolute atomic E-state index is 13.7. The first kappa shape index (κ1) is 13.8. The van der Waals surface area contributed by atoms with Crippen LogP contribution >= 0.6 is 38.5 Å². The molecule has 1 N–H and O–H groups in total. The zero-order valence-corrected chi connectivity index (χ0v) is 13.5. The Bertz CT molecular complexity index is 559. The molecule has 0 spiro atoms. The summed E-state index contributed by atoms with van der Waals surface area (Å²) >= 11 is 5.62. The third kappa shape index (κ3) is 3.45. The molecule has 0 fully saturated rings. The van der Waals surface area contributed by atoms with Gasteiger partial charge in [-0.05, 0) is 65.9 Å². The van der Waals surface area contributed by atoms with Crippen LogP contribution in [0.5, 0.6) is 0 Å². The molecule has 0 aliphatic rings. The molecule has 2 aromatic carbocycles. The minimum atomic E-state index is -0.191. The molecule has 0 bridgehead atoms. The summed E-state index contributed by atoms with van der Waals surface area (Å²) in [5, 5.41) is 3.30. The molecule has 0 aromatic heterocycles. The second-order valence-corrected chi connectivity index (χ2v) is 6.20. The zero-order chi connectivity index (χ0) is 13.1. The second kappa shape index (κ2) is 6.02. The molecule has 18 heavy (non-hydrogen) atoms. The highest BCUT2D eigenvalue weighted by Crippen LogP contribution is 2.25. The van der Waals surface area contributed by atoms with Crippen molar-refractivity contribution >= 4 is 44.2 Å². The average Bonchev–Trinajstić information content (AvgIpc) is 2.32. The molecule has 0 amide bonds. The summed E-state index contributed by atoms with van der Waals surface area (Å²) in [6.07, 6.45) is 0. The molecule has 1 nitrogen and oxygen atoms in total. The summed E-state index contributed by atoms with van der Waals surface area (Å²) in [6, 6.07) is 12.9. The summed E-state index contributed by atoms with van der Waals surface area (Å²) in [4.78, 5) is 0. The van der Waals surface area contributed by atoms with E-state index >= 15 is 0 Å². The van der Waals surface area contributed by atoms with Crippen molar-refractivity contribution in [2.75, 3.05) is 5.32 Å². The monoisotopic (exact) mass is 419 g/mol. The Kier molecular flexibility index (Phi) is 4.61. The fourth-order valence-electron chi connectivity index (χ4n) is 1.75. The molecule has 0 radical (unpaired) electrons. The average molecular weight is 420 g/mol. The Morgan fingerprint density at radius 3 is 2.72 bits per heavy atom. The molecule has 0 saturated heterocycles. The number of rotatable bonds is 3. The zero-order valence-electron chi connectivity index (χ0n) is 9.75. The first-order valence-electron chi connectivity index (χ1n) is 5.53. The Labute approximate surface area is 128 Å². The van der Waals surface area contributed by atoms with Crippen LogP contribution in [0.4, 0.5) is 10.1 Å². The Morgan fingerprint density at radius 1 is 1.22 bits per heavy atom. The molecule has 2 rings (SSSR count). The smallest absolute Gasteiger partial charge is 0.128 e. The molecule has 2 aromatic rings. The Morgan fingerprint density at radius 2 is 2.00 bits per heavy atom. The van der Waals surface area contributed by atoms with Crippen LogP contribution in [0.2, 0.25) is 0 Å². The van der Waals surface area contributed by atoms with E-state index in [1.807, 2.05) is 31.2 Å². The van der Waals surface area contributed by atoms with Gasteiger partial charge in [-0.15, -0.1) is 0 Å². The highest BCUT2D eigenvalue weighted by atomic mass is 127. The van der Waals surface area contributed by atoms with Crippen LogP contribution in [0.1, 0.15) is 18.5 Å². The molecule has 1 atom stereocenters. The number of nitrogens with one attached hydrogen (secondary N) is 1. The van der Waals surface area contributed by atoms with Crippen molar-refractivity contribution in [3.8, 4) is 0 Å². The topological polar surface area (TPSA) is 12.0 Å². The van der Waals surface area contributed by atoms with Gasteiger partial charge < -0.3 is 5.32 Å². The van der Waals surface area contributed by atoms with Crippen molar-refractivity contribution in [3.63, 3.8) is 0 Å². The third-order valence-electron chi connectivity index (χ3n) is 2.63. The fourth-order valence-corrected chi connectivity index (χ4v) is 2.67. The van der Waals surface area contributed by atoms with E-state index in [0.29, 0.717) is 5.56 Å². The number of hydrogen-bond acceptors (Lipinski definition) is 1. The summed E-state index contributed by atoms with van der Waals surface area (Å²) in [7, 11) is 0. The van der Waals surface area contributed by atoms with Gasteiger partial charge in [-0.1, -0.05) is 22.0 Å². The maximum atomic E-state index is 13.7. The van der Waals surface area contributed by atoms with Crippen LogP contribution in [-0.2, 0) is 0 Å². The standard InChI is InChI=1S/C14H12BrFIN/c1-9(13-7-10(15)5-6-14(13)16)18-12-4-2-3-11(17)8-12/h2-9,18H,1H3. The van der Waals surface area contributed by atoms with Crippen LogP contribution in [0.15, 0.2) is 46.9 Å². The minimum absolute atomic E-state index is 0.0827. The largest absolute Gasteiger partial charge is 0.378 e. The van der Waals surface area contributed by atoms with Crippen molar-refractivity contribution in [1.82, 2.24) is 0 Å². The number of benzene rings is 2. The highest BCUT2D eigenvalue weighted by molar-refractivity contribution is 14.1. The number of halogens is 3. The minimum Gasteiger partial charge on any atom is -0.378 e. The molecule has 0 aliphatic heterocycles. The predicted octanol–water partition coefficient (Wildman–Crippen LogP) is 5.37. The van der Waals surface area contributed by atoms with Gasteiger partial charge in [0.15, 0.2) is 0 Å². The summed E-state index contributed by atoms with van der Waals surface area (Å²) in [6.45, 7) is 1.95. The van der Waals surface area contributed by atoms with Crippen LogP contribution < -0.4 is 5.32 Å². The SMILES string of the molecule is CC(Nc1cccc(I)c1)c1cc(Br)ccc1F. The Balaban J connectivity index is 2.21. The van der Waals surface area contributed by atoms with Crippen molar-refractivity contribution < 1.29 is 4.39 Å². The summed E-state index contributed by atoms with van der Waals surface area (Å²) < 4.78 is 15.8. The summed E-state index contributed by atoms with van der Waals surface area (Å²) in [5.74, 6) is -0.191. The van der Waals surface area contributed by atoms with Gasteiger partial charge in [-0.25, -0.2) is 4.39 Å². The van der Waals surface area contributed by atoms with Gasteiger partial charge >= 0.3 is 0 Å². The van der Waals surface area contributed by atoms with Gasteiger partial charge in [-0.3, -0.25) is 0 Å². The lowest BCUT2D eigenvalue weighted by Crippen LogP contribution is -2.08. The van der Waals surface area contributed by atoms with Crippen molar-refractivity contribution in [1.29, 1.82) is 0 Å². The van der Waals surface area contributed by atoms with E-state index in [-0.39, 0.29) is 11.9 Å². The summed E-state index contributed by atoms with van der Waals surface area (Å²) in [5.41, 5.74) is 1.65. The van der Waals surface area contributed by atoms with Gasteiger partial charge in [0.25, 0.3) is 0 Å². The van der Waals surface area contributed by atoms with Gasteiger partial charge in [0.2, 0.25) is 0 Å². The van der Waals surface area contributed by atoms with Crippen LogP contribution in [-0.4, -0.2) is 0 Å². The fraction of sp³-hybridized carbons (Fsp3) is 0.143. The van der Waals surface area contributed by atoms with E-state index in [1.165, 1.54) is 6.07 Å². The van der Waals surface area contributed by atoms with Crippen molar-refractivity contribution in [3.05, 3.63) is 61.9 Å². The quantitative estimate of drug-likeness (QED) is 0.660. The highest BCUT2D eigenvalue weighted by Gasteiger charge is 2.11. The van der Waals surface area contributed by atoms with E-state index in [4.69, 9.17) is 0 Å². The molecule has 0 saturated carbocycles. The van der Waals surface area contributed by atoms with Gasteiger partial charge in [-0.2, -0.15) is 0 Å². The molecule has 94 valence electrons. The lowest BCUT2D eigenvalue weighted by Gasteiger charge is -2.17. The van der Waals surface area contributed by atoms with E-state index in [0.717, 1.165) is 13.7 Å². The molecule has 1 unspecified atom stereocenters. The van der Waals surface area contributed by atoms with E-state index in [2.05, 4.69) is 43.8 Å². The van der Waals surface area contributed by atoms with Crippen LogP contribution in [0, 0.1) is 9.39 Å². The Hall–Kier alpha value is -0.620. The normalized spacial score (nSPS) is 12.2. The lowest BCUT2D eigenvalue weighted by atomic mass is 10.1. The van der Waals surface area contributed by atoms with Crippen molar-refractivity contribution in [2.45, 2.75) is 13.0 Å². The maximum Gasteiger partial charge on any atom is 0.128 e. The van der Waals surface area contributed by atoms with E-state index < -0.39 is 0 Å². The molecule has 0 heterocycles. The first-order valence-corrected chi connectivity index (χ1v) is 7.40. The van der Waals surface area contributed by atoms with Crippen LogP contribution in [0.3, 0.4) is 0 Å². The second-order valence-electron chi connectivity index (χ2n) is 4.04. The van der Waals surface area contributed by atoms with E-state index in [1.54, 1.807) is 12.1 Å². The van der Waals surface area contributed by atoms with Crippen molar-refractivity contribution in [2.24, 2.45) is 0 Å². The third-order valence-corrected chi connectivity index (χ3v) is 3.80. The van der Waals surface area contributed by atoms with E-state index in [9.17, 15) is 4.39 Å². The molecular formula is C14H12BrFIN. The molecule has 0 aliphatic carbocycles. The molecular weight excluding hydrogens is 408 g/mol. The van der Waals surface area contributed by atoms with Gasteiger partial charge in [0, 0.05) is 19.3 Å². The first-order chi connectivity index (χ1) is 8.56. The van der Waals surface area contributed by atoms with Gasteiger partial charge in [0.05, 0.1) is 6.04 Å². The number of hydrogen-bond donors (Lipinski definition) is 1. The lowest BCUT2D eigenvalue weighted by molar-refractivity contribution is 0.600. The number of anilines is 1. The predicted molar refractivity (Wildman–Crippen MR) is 85.3 cm³/mol. The molecule has 4 heteroatoms. The van der Waals surface area contributed by atoms with Crippen LogP contribution in [0.25, 0.3) is 0 Å². The van der Waals surface area contributed by atoms with Gasteiger partial charge in [0.1, 0.15) is 5.82 Å².